The van der Waals surface area contributed by atoms with E-state index in [9.17, 15) is 0 Å². The molecule has 0 spiro atoms. The number of nitrogen functional groups attached to an aromatic ring is 1. The summed E-state index contributed by atoms with van der Waals surface area (Å²) in [4.78, 5) is 10.2. The minimum Gasteiger partial charge on any atom is -0.393 e. The number of nitrogens with two attached hydrogens (primary N) is 1. The molecule has 1 aliphatic heterocycles. The summed E-state index contributed by atoms with van der Waals surface area (Å²) < 4.78 is 0. The largest absolute Gasteiger partial charge is 0.393 e. The maximum atomic E-state index is 5.92. The van der Waals surface area contributed by atoms with Gasteiger partial charge in [-0.25, -0.2) is 9.97 Å². The smallest absolute Gasteiger partial charge is 0.157 e. The summed E-state index contributed by atoms with van der Waals surface area (Å²) in [5.74, 6) is 0.735. The van der Waals surface area contributed by atoms with Crippen LogP contribution in [0.5, 0.6) is 0 Å². The summed E-state index contributed by atoms with van der Waals surface area (Å²) >= 11 is 5.92. The molecular weight excluding hydrogens is 248 g/mol. The van der Waals surface area contributed by atoms with Crippen molar-refractivity contribution in [2.75, 3.05) is 23.7 Å². The molecule has 0 bridgehead atoms. The van der Waals surface area contributed by atoms with Gasteiger partial charge in [0, 0.05) is 13.1 Å². The second kappa shape index (κ2) is 4.76. The van der Waals surface area contributed by atoms with Gasteiger partial charge in [0.2, 0.25) is 0 Å². The van der Waals surface area contributed by atoms with Crippen LogP contribution in [0.3, 0.4) is 0 Å². The van der Waals surface area contributed by atoms with E-state index in [1.807, 2.05) is 0 Å². The lowest BCUT2D eigenvalue weighted by Gasteiger charge is -2.33. The highest BCUT2D eigenvalue weighted by molar-refractivity contribution is 6.32. The molecule has 2 N–H and O–H groups in total. The van der Waals surface area contributed by atoms with Gasteiger partial charge in [-0.2, -0.15) is 0 Å². The van der Waals surface area contributed by atoms with Gasteiger partial charge in [-0.05, 0) is 11.8 Å². The molecule has 0 aromatic carbocycles. The van der Waals surface area contributed by atoms with Crippen molar-refractivity contribution in [3.63, 3.8) is 0 Å². The molecule has 98 valence electrons. The van der Waals surface area contributed by atoms with Crippen molar-refractivity contribution < 1.29 is 0 Å². The molecule has 0 fully saturated rings. The van der Waals surface area contributed by atoms with Crippen LogP contribution in [-0.2, 0) is 0 Å². The molecule has 0 aliphatic carbocycles. The number of nitrogens with zero attached hydrogens (tertiary/aromatic N) is 3. The van der Waals surface area contributed by atoms with Crippen LogP contribution in [0.1, 0.15) is 27.2 Å². The average molecular weight is 267 g/mol. The Balaban J connectivity index is 2.20. The van der Waals surface area contributed by atoms with Crippen LogP contribution < -0.4 is 10.6 Å². The number of anilines is 2. The van der Waals surface area contributed by atoms with Gasteiger partial charge in [-0.15, -0.1) is 0 Å². The predicted molar refractivity (Wildman–Crippen MR) is 75.8 cm³/mol. The Morgan fingerprint density at radius 1 is 1.33 bits per heavy atom. The van der Waals surface area contributed by atoms with Crippen LogP contribution in [0.25, 0.3) is 0 Å². The molecule has 0 unspecified atom stereocenters. The molecule has 0 saturated carbocycles. The van der Waals surface area contributed by atoms with E-state index < -0.39 is 0 Å². The van der Waals surface area contributed by atoms with Crippen molar-refractivity contribution in [1.82, 2.24) is 9.97 Å². The van der Waals surface area contributed by atoms with Gasteiger partial charge in [0.15, 0.2) is 11.0 Å². The minimum absolute atomic E-state index is 0.237. The van der Waals surface area contributed by atoms with E-state index in [0.29, 0.717) is 10.8 Å². The third-order valence-corrected chi connectivity index (χ3v) is 3.59. The first-order valence-electron chi connectivity index (χ1n) is 6.10. The molecule has 1 aromatic rings. The molecule has 2 rings (SSSR count). The SMILES string of the molecule is CC(C)(C)C1=CCN(c2ncnc(Cl)c2N)CC1. The second-order valence-corrected chi connectivity index (χ2v) is 5.94. The highest BCUT2D eigenvalue weighted by Gasteiger charge is 2.23. The van der Waals surface area contributed by atoms with Crippen LogP contribution in [0.2, 0.25) is 5.15 Å². The lowest BCUT2D eigenvalue weighted by molar-refractivity contribution is 0.472. The number of hydrogen-bond acceptors (Lipinski definition) is 4. The van der Waals surface area contributed by atoms with Crippen LogP contribution in [0.15, 0.2) is 18.0 Å². The summed E-state index contributed by atoms with van der Waals surface area (Å²) in [7, 11) is 0. The molecule has 0 radical (unpaired) electrons. The summed E-state index contributed by atoms with van der Waals surface area (Å²) in [6.45, 7) is 8.46. The lowest BCUT2D eigenvalue weighted by atomic mass is 9.83. The van der Waals surface area contributed by atoms with E-state index in [4.69, 9.17) is 17.3 Å². The fraction of sp³-hybridized carbons (Fsp3) is 0.538. The Bertz CT molecular complexity index is 476. The second-order valence-electron chi connectivity index (χ2n) is 5.58. The van der Waals surface area contributed by atoms with Crippen molar-refractivity contribution in [2.24, 2.45) is 5.41 Å². The molecule has 1 aliphatic rings. The molecule has 0 saturated heterocycles. The highest BCUT2D eigenvalue weighted by Crippen LogP contribution is 2.33. The third kappa shape index (κ3) is 2.58. The van der Waals surface area contributed by atoms with E-state index >= 15 is 0 Å². The van der Waals surface area contributed by atoms with Gasteiger partial charge in [-0.3, -0.25) is 0 Å². The Kier molecular flexibility index (Phi) is 3.48. The van der Waals surface area contributed by atoms with Gasteiger partial charge < -0.3 is 10.6 Å². The Morgan fingerprint density at radius 3 is 2.61 bits per heavy atom. The normalized spacial score (nSPS) is 16.7. The molecule has 5 heteroatoms. The molecule has 1 aromatic heterocycles. The zero-order chi connectivity index (χ0) is 13.3. The number of aromatic nitrogens is 2. The van der Waals surface area contributed by atoms with E-state index in [0.717, 1.165) is 25.3 Å². The fourth-order valence-electron chi connectivity index (χ4n) is 2.16. The number of halogens is 1. The van der Waals surface area contributed by atoms with Crippen LogP contribution in [0.4, 0.5) is 11.5 Å². The number of hydrogen-bond donors (Lipinski definition) is 1. The molecule has 4 nitrogen and oxygen atoms in total. The zero-order valence-electron chi connectivity index (χ0n) is 11.1. The predicted octanol–water partition coefficient (Wildman–Crippen LogP) is 2.89. The monoisotopic (exact) mass is 266 g/mol. The van der Waals surface area contributed by atoms with Gasteiger partial charge >= 0.3 is 0 Å². The summed E-state index contributed by atoms with van der Waals surface area (Å²) in [6.07, 6.45) is 4.75. The molecule has 18 heavy (non-hydrogen) atoms. The Labute approximate surface area is 113 Å². The van der Waals surface area contributed by atoms with Crippen molar-refractivity contribution in [1.29, 1.82) is 0 Å². The average Bonchev–Trinajstić information content (AvgIpc) is 2.32. The van der Waals surface area contributed by atoms with E-state index in [2.05, 4.69) is 41.7 Å². The van der Waals surface area contributed by atoms with E-state index in [1.54, 1.807) is 0 Å². The first-order valence-corrected chi connectivity index (χ1v) is 6.48. The van der Waals surface area contributed by atoms with Crippen molar-refractivity contribution >= 4 is 23.1 Å². The molecule has 0 atom stereocenters. The van der Waals surface area contributed by atoms with Gasteiger partial charge in [0.25, 0.3) is 0 Å². The zero-order valence-corrected chi connectivity index (χ0v) is 11.8. The first-order chi connectivity index (χ1) is 8.39. The highest BCUT2D eigenvalue weighted by atomic mass is 35.5. The third-order valence-electron chi connectivity index (χ3n) is 3.29. The van der Waals surface area contributed by atoms with Crippen LogP contribution in [0, 0.1) is 5.41 Å². The maximum Gasteiger partial charge on any atom is 0.157 e. The molecule has 0 amide bonds. The van der Waals surface area contributed by atoms with E-state index in [1.165, 1.54) is 11.9 Å². The fourth-order valence-corrected chi connectivity index (χ4v) is 2.29. The van der Waals surface area contributed by atoms with Crippen molar-refractivity contribution in [2.45, 2.75) is 27.2 Å². The quantitative estimate of drug-likeness (QED) is 0.627. The summed E-state index contributed by atoms with van der Waals surface area (Å²) in [6, 6.07) is 0. The Morgan fingerprint density at radius 2 is 2.06 bits per heavy atom. The van der Waals surface area contributed by atoms with Crippen LogP contribution >= 0.6 is 11.6 Å². The molecule has 2 heterocycles. The molecular formula is C13H19ClN4. The van der Waals surface area contributed by atoms with Gasteiger partial charge in [-0.1, -0.05) is 44.0 Å². The Hall–Kier alpha value is -1.29. The maximum absolute atomic E-state index is 5.92. The standard InChI is InChI=1S/C13H19ClN4/c1-13(2,3)9-4-6-18(7-5-9)12-10(15)11(14)16-8-17-12/h4,8H,5-7,15H2,1-3H3. The minimum atomic E-state index is 0.237. The summed E-state index contributed by atoms with van der Waals surface area (Å²) in [5, 5.41) is 0.325. The van der Waals surface area contributed by atoms with Crippen molar-refractivity contribution in [3.8, 4) is 0 Å². The first kappa shape index (κ1) is 13.1. The van der Waals surface area contributed by atoms with Crippen LogP contribution in [-0.4, -0.2) is 23.1 Å². The number of rotatable bonds is 1. The summed E-state index contributed by atoms with van der Waals surface area (Å²) in [5.41, 5.74) is 8.10. The lowest BCUT2D eigenvalue weighted by Crippen LogP contribution is -2.32. The topological polar surface area (TPSA) is 55.0 Å². The van der Waals surface area contributed by atoms with E-state index in [-0.39, 0.29) is 5.41 Å². The van der Waals surface area contributed by atoms with Crippen molar-refractivity contribution in [3.05, 3.63) is 23.1 Å². The van der Waals surface area contributed by atoms with Gasteiger partial charge in [0.05, 0.1) is 0 Å². The van der Waals surface area contributed by atoms with Gasteiger partial charge in [0.1, 0.15) is 12.0 Å².